The van der Waals surface area contributed by atoms with E-state index in [9.17, 15) is 22.8 Å². The average Bonchev–Trinajstić information content (AvgIpc) is 3.39. The standard InChI is InChI=1S/C29H29F3N4O3/c1-39-22-10-8-21(9-11-22)36-25-23(26(33-36)29(30,31)32)12-17-35(27(25)38)20-6-4-19(5-7-20)28(13-14-28)24(37)18-34-15-2-3-16-34/h4-11H,2-3,12-18H2,1H3. The van der Waals surface area contributed by atoms with Gasteiger partial charge in [0.05, 0.1) is 24.8 Å². The summed E-state index contributed by atoms with van der Waals surface area (Å²) in [7, 11) is 1.49. The van der Waals surface area contributed by atoms with Crippen molar-refractivity contribution in [3.8, 4) is 11.4 Å². The Bertz CT molecular complexity index is 1400. The van der Waals surface area contributed by atoms with Crippen LogP contribution in [0.5, 0.6) is 5.75 Å². The summed E-state index contributed by atoms with van der Waals surface area (Å²) in [5.74, 6) is 0.226. The summed E-state index contributed by atoms with van der Waals surface area (Å²) in [5.41, 5.74) is 0.151. The van der Waals surface area contributed by atoms with E-state index in [2.05, 4.69) is 10.00 Å². The molecular formula is C29H29F3N4O3. The smallest absolute Gasteiger partial charge is 0.435 e. The Morgan fingerprint density at radius 1 is 0.974 bits per heavy atom. The molecule has 3 aromatic rings. The highest BCUT2D eigenvalue weighted by Gasteiger charge is 2.51. The van der Waals surface area contributed by atoms with Gasteiger partial charge in [-0.05, 0) is 87.2 Å². The van der Waals surface area contributed by atoms with Gasteiger partial charge in [0.15, 0.2) is 11.5 Å². The highest BCUT2D eigenvalue weighted by Crippen LogP contribution is 2.49. The number of aromatic nitrogens is 2. The van der Waals surface area contributed by atoms with Gasteiger partial charge in [0, 0.05) is 17.8 Å². The zero-order chi connectivity index (χ0) is 27.4. The Morgan fingerprint density at radius 2 is 1.62 bits per heavy atom. The minimum atomic E-state index is -4.69. The van der Waals surface area contributed by atoms with Crippen LogP contribution >= 0.6 is 0 Å². The first kappa shape index (κ1) is 25.6. The normalized spacial score (nSPS) is 18.8. The number of hydrogen-bond donors (Lipinski definition) is 0. The van der Waals surface area contributed by atoms with Crippen molar-refractivity contribution in [2.24, 2.45) is 0 Å². The number of benzene rings is 2. The predicted octanol–water partition coefficient (Wildman–Crippen LogP) is 4.80. The fourth-order valence-corrected chi connectivity index (χ4v) is 5.85. The number of amides is 1. The third kappa shape index (κ3) is 4.50. The number of hydrogen-bond acceptors (Lipinski definition) is 5. The third-order valence-corrected chi connectivity index (χ3v) is 8.18. The number of rotatable bonds is 7. The second kappa shape index (κ2) is 9.51. The number of alkyl halides is 3. The largest absolute Gasteiger partial charge is 0.497 e. The van der Waals surface area contributed by atoms with Gasteiger partial charge in [-0.25, -0.2) is 4.68 Å². The van der Waals surface area contributed by atoms with E-state index >= 15 is 0 Å². The van der Waals surface area contributed by atoms with Gasteiger partial charge in [-0.1, -0.05) is 12.1 Å². The average molecular weight is 539 g/mol. The van der Waals surface area contributed by atoms with Crippen molar-refractivity contribution in [3.05, 3.63) is 71.0 Å². The lowest BCUT2D eigenvalue weighted by atomic mass is 9.90. The number of Topliss-reactive ketones (excluding diaryl/α,β-unsaturated/α-hetero) is 1. The van der Waals surface area contributed by atoms with Gasteiger partial charge >= 0.3 is 6.18 Å². The molecule has 1 saturated carbocycles. The Kier molecular flexibility index (Phi) is 6.25. The molecule has 0 spiro atoms. The van der Waals surface area contributed by atoms with E-state index < -0.39 is 23.2 Å². The van der Waals surface area contributed by atoms with E-state index in [-0.39, 0.29) is 30.0 Å². The van der Waals surface area contributed by atoms with Crippen molar-refractivity contribution in [1.82, 2.24) is 14.7 Å². The number of fused-ring (bicyclic) bond motifs is 1. The second-order valence-corrected chi connectivity index (χ2v) is 10.5. The molecule has 7 nitrogen and oxygen atoms in total. The number of methoxy groups -OCH3 is 1. The molecule has 6 rings (SSSR count). The van der Waals surface area contributed by atoms with Gasteiger partial charge in [-0.3, -0.25) is 14.5 Å². The minimum absolute atomic E-state index is 0.0199. The number of carbonyl (C=O) groups is 2. The molecule has 1 aliphatic carbocycles. The fourth-order valence-electron chi connectivity index (χ4n) is 5.85. The summed E-state index contributed by atoms with van der Waals surface area (Å²) < 4.78 is 47.9. The highest BCUT2D eigenvalue weighted by atomic mass is 19.4. The Labute approximate surface area is 224 Å². The molecule has 1 saturated heterocycles. The summed E-state index contributed by atoms with van der Waals surface area (Å²) >= 11 is 0. The molecule has 204 valence electrons. The summed E-state index contributed by atoms with van der Waals surface area (Å²) in [4.78, 5) is 30.5. The van der Waals surface area contributed by atoms with Crippen LogP contribution in [0.3, 0.4) is 0 Å². The summed E-state index contributed by atoms with van der Waals surface area (Å²) in [6, 6.07) is 13.7. The molecule has 1 aromatic heterocycles. The molecule has 0 N–H and O–H groups in total. The lowest BCUT2D eigenvalue weighted by Gasteiger charge is -2.28. The maximum absolute atomic E-state index is 13.9. The van der Waals surface area contributed by atoms with Crippen molar-refractivity contribution in [2.75, 3.05) is 38.2 Å². The van der Waals surface area contributed by atoms with Crippen LogP contribution in [-0.4, -0.2) is 59.7 Å². The minimum Gasteiger partial charge on any atom is -0.497 e. The van der Waals surface area contributed by atoms with Gasteiger partial charge in [-0.2, -0.15) is 18.3 Å². The molecule has 2 fully saturated rings. The quantitative estimate of drug-likeness (QED) is 0.433. The van der Waals surface area contributed by atoms with Crippen molar-refractivity contribution in [2.45, 2.75) is 43.7 Å². The van der Waals surface area contributed by atoms with Crippen molar-refractivity contribution < 1.29 is 27.5 Å². The molecule has 10 heteroatoms. The van der Waals surface area contributed by atoms with Gasteiger partial charge in [0.25, 0.3) is 5.91 Å². The maximum atomic E-state index is 13.9. The lowest BCUT2D eigenvalue weighted by molar-refractivity contribution is -0.142. The molecule has 3 heterocycles. The van der Waals surface area contributed by atoms with E-state index in [0.29, 0.717) is 23.7 Å². The lowest BCUT2D eigenvalue weighted by Crippen LogP contribution is -2.39. The van der Waals surface area contributed by atoms with E-state index in [1.807, 2.05) is 12.1 Å². The number of nitrogens with zero attached hydrogens (tertiary/aromatic N) is 4. The first-order valence-electron chi connectivity index (χ1n) is 13.2. The first-order valence-corrected chi connectivity index (χ1v) is 13.2. The molecule has 39 heavy (non-hydrogen) atoms. The van der Waals surface area contributed by atoms with Crippen LogP contribution in [0.1, 0.15) is 53.0 Å². The summed E-state index contributed by atoms with van der Waals surface area (Å²) in [6.07, 6.45) is -0.790. The molecule has 2 aromatic carbocycles. The monoisotopic (exact) mass is 538 g/mol. The number of halogens is 3. The van der Waals surface area contributed by atoms with E-state index in [1.54, 1.807) is 36.4 Å². The second-order valence-electron chi connectivity index (χ2n) is 10.5. The Morgan fingerprint density at radius 3 is 2.21 bits per heavy atom. The third-order valence-electron chi connectivity index (χ3n) is 8.18. The van der Waals surface area contributed by atoms with Gasteiger partial charge < -0.3 is 9.64 Å². The zero-order valence-corrected chi connectivity index (χ0v) is 21.6. The van der Waals surface area contributed by atoms with E-state index in [1.165, 1.54) is 12.0 Å². The van der Waals surface area contributed by atoms with Gasteiger partial charge in [-0.15, -0.1) is 0 Å². The van der Waals surface area contributed by atoms with Gasteiger partial charge in [0.2, 0.25) is 0 Å². The number of ketones is 1. The molecule has 0 bridgehead atoms. The first-order chi connectivity index (χ1) is 18.7. The highest BCUT2D eigenvalue weighted by molar-refractivity contribution is 6.07. The predicted molar refractivity (Wildman–Crippen MR) is 139 cm³/mol. The topological polar surface area (TPSA) is 67.7 Å². The molecule has 3 aliphatic rings. The zero-order valence-electron chi connectivity index (χ0n) is 21.6. The van der Waals surface area contributed by atoms with Crippen LogP contribution in [0.25, 0.3) is 5.69 Å². The van der Waals surface area contributed by atoms with E-state index in [0.717, 1.165) is 49.0 Å². The number of anilines is 1. The van der Waals surface area contributed by atoms with Crippen LogP contribution in [0, 0.1) is 0 Å². The van der Waals surface area contributed by atoms with Crippen LogP contribution in [0.2, 0.25) is 0 Å². The van der Waals surface area contributed by atoms with Crippen molar-refractivity contribution in [1.29, 1.82) is 0 Å². The van der Waals surface area contributed by atoms with E-state index in [4.69, 9.17) is 4.74 Å². The van der Waals surface area contributed by atoms with Crippen LogP contribution in [0.4, 0.5) is 18.9 Å². The SMILES string of the molecule is COc1ccc(-n2nc(C(F)(F)F)c3c2C(=O)N(c2ccc(C4(C(=O)CN5CCCC5)CC4)cc2)CC3)cc1. The molecule has 0 unspecified atom stereocenters. The molecule has 0 atom stereocenters. The summed E-state index contributed by atoms with van der Waals surface area (Å²) in [5, 5.41) is 3.85. The summed E-state index contributed by atoms with van der Waals surface area (Å²) in [6.45, 7) is 2.49. The van der Waals surface area contributed by atoms with Crippen LogP contribution in [0.15, 0.2) is 48.5 Å². The Balaban J connectivity index is 1.29. The molecule has 0 radical (unpaired) electrons. The number of carbonyl (C=O) groups excluding carboxylic acids is 2. The molecule has 1 amide bonds. The van der Waals surface area contributed by atoms with Crippen LogP contribution in [-0.2, 0) is 22.8 Å². The number of ether oxygens (including phenoxy) is 1. The fraction of sp³-hybridized carbons (Fsp3) is 0.414. The van der Waals surface area contributed by atoms with Crippen molar-refractivity contribution >= 4 is 17.4 Å². The van der Waals surface area contributed by atoms with Gasteiger partial charge in [0.1, 0.15) is 11.4 Å². The number of likely N-dealkylation sites (tertiary alicyclic amines) is 1. The maximum Gasteiger partial charge on any atom is 0.435 e. The van der Waals surface area contributed by atoms with Crippen LogP contribution < -0.4 is 9.64 Å². The molecule has 2 aliphatic heterocycles. The Hall–Kier alpha value is -3.66. The molecular weight excluding hydrogens is 509 g/mol. The van der Waals surface area contributed by atoms with Crippen molar-refractivity contribution in [3.63, 3.8) is 0 Å².